The predicted molar refractivity (Wildman–Crippen MR) is 61.7 cm³/mol. The summed E-state index contributed by atoms with van der Waals surface area (Å²) in [6.45, 7) is 1.11. The van der Waals surface area contributed by atoms with Gasteiger partial charge in [0, 0.05) is 6.07 Å². The van der Waals surface area contributed by atoms with E-state index in [1.807, 2.05) is 0 Å². The highest BCUT2D eigenvalue weighted by atomic mass is 19.1. The van der Waals surface area contributed by atoms with Gasteiger partial charge in [0.25, 0.3) is 0 Å². The van der Waals surface area contributed by atoms with Crippen molar-refractivity contribution < 1.29 is 24.0 Å². The number of nitrogens with two attached hydrogens (primary N) is 1. The third kappa shape index (κ3) is 2.84. The standard InChI is InChI=1S/C11H11FN2O5/c1-11(9(13)15,10(16)17)5-6-2-3-8(14(18)19)7(12)4-6/h2-4H,5H2,1H3,(H2,13,15)(H,16,17). The number of halogens is 1. The third-order valence-corrected chi connectivity index (χ3v) is 2.78. The van der Waals surface area contributed by atoms with Gasteiger partial charge in [0.1, 0.15) is 5.41 Å². The summed E-state index contributed by atoms with van der Waals surface area (Å²) in [6.07, 6.45) is -0.355. The lowest BCUT2D eigenvalue weighted by molar-refractivity contribution is -0.387. The van der Waals surface area contributed by atoms with Crippen molar-refractivity contribution in [3.05, 3.63) is 39.7 Å². The fraction of sp³-hybridized carbons (Fsp3) is 0.273. The van der Waals surface area contributed by atoms with Gasteiger partial charge in [-0.2, -0.15) is 4.39 Å². The average molecular weight is 270 g/mol. The molecule has 3 N–H and O–H groups in total. The fourth-order valence-corrected chi connectivity index (χ4v) is 1.48. The highest BCUT2D eigenvalue weighted by molar-refractivity contribution is 6.00. The van der Waals surface area contributed by atoms with Crippen LogP contribution in [0.5, 0.6) is 0 Å². The molecular formula is C11H11FN2O5. The van der Waals surface area contributed by atoms with Crippen molar-refractivity contribution in [3.63, 3.8) is 0 Å². The third-order valence-electron chi connectivity index (χ3n) is 2.78. The second kappa shape index (κ2) is 5.01. The Morgan fingerprint density at radius 2 is 2.11 bits per heavy atom. The minimum absolute atomic E-state index is 0.131. The van der Waals surface area contributed by atoms with Crippen LogP contribution in [0.1, 0.15) is 12.5 Å². The molecule has 0 heterocycles. The first-order chi connectivity index (χ1) is 8.68. The van der Waals surface area contributed by atoms with E-state index in [0.717, 1.165) is 19.1 Å². The van der Waals surface area contributed by atoms with E-state index in [0.29, 0.717) is 0 Å². The number of carbonyl (C=O) groups excluding carboxylic acids is 1. The van der Waals surface area contributed by atoms with Gasteiger partial charge in [0.15, 0.2) is 0 Å². The Morgan fingerprint density at radius 3 is 2.47 bits per heavy atom. The molecular weight excluding hydrogens is 259 g/mol. The molecule has 7 nitrogen and oxygen atoms in total. The van der Waals surface area contributed by atoms with Crippen molar-refractivity contribution >= 4 is 17.6 Å². The van der Waals surface area contributed by atoms with Crippen LogP contribution in [0.4, 0.5) is 10.1 Å². The maximum atomic E-state index is 13.4. The van der Waals surface area contributed by atoms with Gasteiger partial charge in [-0.25, -0.2) is 0 Å². The molecule has 1 atom stereocenters. The molecule has 8 heteroatoms. The molecule has 0 aromatic heterocycles. The van der Waals surface area contributed by atoms with Gasteiger partial charge in [0.05, 0.1) is 4.92 Å². The molecule has 0 aliphatic rings. The van der Waals surface area contributed by atoms with Crippen LogP contribution >= 0.6 is 0 Å². The van der Waals surface area contributed by atoms with Crippen LogP contribution < -0.4 is 5.73 Å². The summed E-state index contributed by atoms with van der Waals surface area (Å²) in [5.74, 6) is -3.61. The number of carboxylic acid groups (broad SMARTS) is 1. The SMILES string of the molecule is CC(Cc1ccc([N+](=O)[O-])c(F)c1)(C(N)=O)C(=O)O. The van der Waals surface area contributed by atoms with E-state index in [1.165, 1.54) is 6.07 Å². The molecule has 0 fully saturated rings. The van der Waals surface area contributed by atoms with E-state index in [9.17, 15) is 24.1 Å². The molecule has 0 saturated heterocycles. The number of nitrogens with zero attached hydrogens (tertiary/aromatic N) is 1. The molecule has 0 aliphatic heterocycles. The van der Waals surface area contributed by atoms with Gasteiger partial charge < -0.3 is 10.8 Å². The van der Waals surface area contributed by atoms with Crippen molar-refractivity contribution in [2.75, 3.05) is 0 Å². The molecule has 1 aromatic rings. The largest absolute Gasteiger partial charge is 0.480 e. The Balaban J connectivity index is 3.13. The summed E-state index contributed by atoms with van der Waals surface area (Å²) < 4.78 is 13.4. The smallest absolute Gasteiger partial charge is 0.319 e. The molecule has 19 heavy (non-hydrogen) atoms. The number of carbonyl (C=O) groups is 2. The lowest BCUT2D eigenvalue weighted by Crippen LogP contribution is -2.43. The number of hydrogen-bond acceptors (Lipinski definition) is 4. The van der Waals surface area contributed by atoms with Crippen molar-refractivity contribution in [3.8, 4) is 0 Å². The lowest BCUT2D eigenvalue weighted by atomic mass is 9.83. The number of hydrogen-bond donors (Lipinski definition) is 2. The van der Waals surface area contributed by atoms with Gasteiger partial charge in [-0.05, 0) is 25.0 Å². The lowest BCUT2D eigenvalue weighted by Gasteiger charge is -2.20. The van der Waals surface area contributed by atoms with Gasteiger partial charge in [0.2, 0.25) is 11.7 Å². The van der Waals surface area contributed by atoms with E-state index < -0.39 is 33.7 Å². The van der Waals surface area contributed by atoms with Crippen molar-refractivity contribution in [1.29, 1.82) is 0 Å². The van der Waals surface area contributed by atoms with Crippen LogP contribution in [0.2, 0.25) is 0 Å². The topological polar surface area (TPSA) is 124 Å². The van der Waals surface area contributed by atoms with Crippen LogP contribution in [0.25, 0.3) is 0 Å². The molecule has 1 amide bonds. The fourth-order valence-electron chi connectivity index (χ4n) is 1.48. The maximum absolute atomic E-state index is 13.4. The maximum Gasteiger partial charge on any atom is 0.319 e. The van der Waals surface area contributed by atoms with Crippen LogP contribution in [0.15, 0.2) is 18.2 Å². The zero-order valence-corrected chi connectivity index (χ0v) is 9.92. The van der Waals surface area contributed by atoms with Gasteiger partial charge in [-0.15, -0.1) is 0 Å². The van der Waals surface area contributed by atoms with Crippen molar-refractivity contribution in [2.45, 2.75) is 13.3 Å². The van der Waals surface area contributed by atoms with E-state index in [2.05, 4.69) is 0 Å². The molecule has 102 valence electrons. The Labute approximate surface area is 107 Å². The number of nitro benzene ring substituents is 1. The Hall–Kier alpha value is -2.51. The number of nitro groups is 1. The van der Waals surface area contributed by atoms with E-state index >= 15 is 0 Å². The number of rotatable bonds is 5. The van der Waals surface area contributed by atoms with E-state index in [-0.39, 0.29) is 12.0 Å². The highest BCUT2D eigenvalue weighted by Gasteiger charge is 2.40. The van der Waals surface area contributed by atoms with E-state index in [4.69, 9.17) is 10.8 Å². The second-order valence-corrected chi connectivity index (χ2v) is 4.22. The molecule has 0 radical (unpaired) electrons. The summed E-state index contributed by atoms with van der Waals surface area (Å²) in [5.41, 5.74) is 2.52. The van der Waals surface area contributed by atoms with E-state index in [1.54, 1.807) is 0 Å². The highest BCUT2D eigenvalue weighted by Crippen LogP contribution is 2.25. The summed E-state index contributed by atoms with van der Waals surface area (Å²) in [4.78, 5) is 31.7. The van der Waals surface area contributed by atoms with Gasteiger partial charge in [-0.3, -0.25) is 19.7 Å². The first-order valence-corrected chi connectivity index (χ1v) is 5.14. The molecule has 0 aliphatic carbocycles. The number of primary amides is 1. The summed E-state index contributed by atoms with van der Waals surface area (Å²) in [7, 11) is 0. The molecule has 1 unspecified atom stereocenters. The van der Waals surface area contributed by atoms with Crippen LogP contribution in [0.3, 0.4) is 0 Å². The number of aliphatic carboxylic acids is 1. The van der Waals surface area contributed by atoms with Gasteiger partial charge >= 0.3 is 11.7 Å². The quantitative estimate of drug-likeness (QED) is 0.466. The predicted octanol–water partition coefficient (Wildman–Crippen LogP) is 0.853. The number of carboxylic acids is 1. The Morgan fingerprint density at radius 1 is 1.53 bits per heavy atom. The van der Waals surface area contributed by atoms with Crippen LogP contribution in [-0.2, 0) is 16.0 Å². The Bertz CT molecular complexity index is 544. The van der Waals surface area contributed by atoms with Crippen LogP contribution in [0, 0.1) is 21.3 Å². The first-order valence-electron chi connectivity index (χ1n) is 5.14. The van der Waals surface area contributed by atoms with Crippen molar-refractivity contribution in [1.82, 2.24) is 0 Å². The number of amides is 1. The summed E-state index contributed by atoms with van der Waals surface area (Å²) >= 11 is 0. The Kier molecular flexibility index (Phi) is 3.83. The molecule has 1 aromatic carbocycles. The minimum Gasteiger partial charge on any atom is -0.480 e. The summed E-state index contributed by atoms with van der Waals surface area (Å²) in [6, 6.07) is 2.92. The molecule has 1 rings (SSSR count). The average Bonchev–Trinajstić information content (AvgIpc) is 2.27. The van der Waals surface area contributed by atoms with Crippen LogP contribution in [-0.4, -0.2) is 21.9 Å². The molecule has 0 saturated carbocycles. The minimum atomic E-state index is -1.90. The van der Waals surface area contributed by atoms with Crippen molar-refractivity contribution in [2.24, 2.45) is 11.1 Å². The molecule has 0 spiro atoms. The zero-order valence-electron chi connectivity index (χ0n) is 9.92. The molecule has 0 bridgehead atoms. The number of benzene rings is 1. The summed E-state index contributed by atoms with van der Waals surface area (Å²) in [5, 5.41) is 19.4. The second-order valence-electron chi connectivity index (χ2n) is 4.22. The zero-order chi connectivity index (χ0) is 14.8. The first kappa shape index (κ1) is 14.6. The van der Waals surface area contributed by atoms with Gasteiger partial charge in [-0.1, -0.05) is 6.07 Å². The normalized spacial score (nSPS) is 13.6. The monoisotopic (exact) mass is 270 g/mol.